The highest BCUT2D eigenvalue weighted by Gasteiger charge is 2.07. The first-order chi connectivity index (χ1) is 12.0. The Labute approximate surface area is 182 Å². The molecule has 0 atom stereocenters. The number of rotatable bonds is 7. The molecule has 0 spiro atoms. The molecule has 1 aromatic heterocycles. The Morgan fingerprint density at radius 3 is 2.65 bits per heavy atom. The minimum atomic E-state index is 0. The molecule has 5 nitrogen and oxygen atoms in total. The molecule has 144 valence electrons. The van der Waals surface area contributed by atoms with Crippen LogP contribution in [0.2, 0.25) is 10.0 Å². The molecular formula is C18H26Cl2IN5. The number of imidazole rings is 1. The van der Waals surface area contributed by atoms with Crippen LogP contribution in [0.4, 0.5) is 0 Å². The first-order valence-electron chi connectivity index (χ1n) is 8.34. The zero-order valence-corrected chi connectivity index (χ0v) is 19.2. The Kier molecular flexibility index (Phi) is 10.3. The fraction of sp³-hybridized carbons (Fsp3) is 0.444. The van der Waals surface area contributed by atoms with Crippen molar-refractivity contribution in [2.24, 2.45) is 4.99 Å². The van der Waals surface area contributed by atoms with Gasteiger partial charge in [0.1, 0.15) is 5.82 Å². The average molecular weight is 510 g/mol. The highest BCUT2D eigenvalue weighted by atomic mass is 127. The van der Waals surface area contributed by atoms with Crippen molar-refractivity contribution in [2.75, 3.05) is 20.6 Å². The quantitative estimate of drug-likeness (QED) is 0.257. The second-order valence-corrected chi connectivity index (χ2v) is 6.77. The van der Waals surface area contributed by atoms with E-state index in [0.717, 1.165) is 43.3 Å². The van der Waals surface area contributed by atoms with E-state index in [9.17, 15) is 0 Å². The van der Waals surface area contributed by atoms with Crippen molar-refractivity contribution >= 4 is 53.1 Å². The molecule has 8 heteroatoms. The molecule has 0 saturated heterocycles. The Bertz CT molecular complexity index is 717. The normalized spacial score (nSPS) is 11.2. The summed E-state index contributed by atoms with van der Waals surface area (Å²) in [6.07, 6.45) is 6.02. The summed E-state index contributed by atoms with van der Waals surface area (Å²) in [6, 6.07) is 5.69. The highest BCUT2D eigenvalue weighted by molar-refractivity contribution is 14.0. The van der Waals surface area contributed by atoms with E-state index >= 15 is 0 Å². The SMILES string of the molecule is CN=C(NCCCCn1ccnc1C)N(C)Cc1ccc(Cl)c(Cl)c1.I. The van der Waals surface area contributed by atoms with Gasteiger partial charge in [-0.3, -0.25) is 4.99 Å². The van der Waals surface area contributed by atoms with Gasteiger partial charge in [-0.15, -0.1) is 24.0 Å². The maximum atomic E-state index is 6.08. The van der Waals surface area contributed by atoms with E-state index < -0.39 is 0 Å². The van der Waals surface area contributed by atoms with Gasteiger partial charge in [0.15, 0.2) is 5.96 Å². The minimum Gasteiger partial charge on any atom is -0.356 e. The number of guanidine groups is 1. The third kappa shape index (κ3) is 6.96. The lowest BCUT2D eigenvalue weighted by atomic mass is 10.2. The number of nitrogens with one attached hydrogen (secondary N) is 1. The number of hydrogen-bond donors (Lipinski definition) is 1. The summed E-state index contributed by atoms with van der Waals surface area (Å²) in [6.45, 7) is 4.61. The van der Waals surface area contributed by atoms with Crippen LogP contribution in [-0.2, 0) is 13.1 Å². The average Bonchev–Trinajstić information content (AvgIpc) is 2.99. The van der Waals surface area contributed by atoms with Gasteiger partial charge in [-0.2, -0.15) is 0 Å². The molecule has 0 bridgehead atoms. The van der Waals surface area contributed by atoms with Gasteiger partial charge < -0.3 is 14.8 Å². The predicted octanol–water partition coefficient (Wildman–Crippen LogP) is 4.60. The van der Waals surface area contributed by atoms with Crippen LogP contribution in [0.15, 0.2) is 35.6 Å². The van der Waals surface area contributed by atoms with Crippen molar-refractivity contribution in [1.82, 2.24) is 19.8 Å². The summed E-state index contributed by atoms with van der Waals surface area (Å²) < 4.78 is 2.17. The second-order valence-electron chi connectivity index (χ2n) is 5.95. The van der Waals surface area contributed by atoms with Gasteiger partial charge in [0.2, 0.25) is 0 Å². The molecule has 0 radical (unpaired) electrons. The third-order valence-electron chi connectivity index (χ3n) is 4.01. The Balaban J connectivity index is 0.00000338. The van der Waals surface area contributed by atoms with Crippen LogP contribution in [0.5, 0.6) is 0 Å². The van der Waals surface area contributed by atoms with Crippen LogP contribution in [0.25, 0.3) is 0 Å². The number of halogens is 3. The molecule has 0 aliphatic heterocycles. The molecule has 0 fully saturated rings. The summed E-state index contributed by atoms with van der Waals surface area (Å²) >= 11 is 12.0. The molecule has 0 aliphatic rings. The van der Waals surface area contributed by atoms with Crippen molar-refractivity contribution in [1.29, 1.82) is 0 Å². The topological polar surface area (TPSA) is 45.5 Å². The summed E-state index contributed by atoms with van der Waals surface area (Å²) in [5.41, 5.74) is 1.09. The lowest BCUT2D eigenvalue weighted by Crippen LogP contribution is -2.38. The fourth-order valence-electron chi connectivity index (χ4n) is 2.62. The second kappa shape index (κ2) is 11.7. The van der Waals surface area contributed by atoms with Gasteiger partial charge in [-0.1, -0.05) is 29.3 Å². The van der Waals surface area contributed by atoms with Crippen molar-refractivity contribution in [3.8, 4) is 0 Å². The summed E-state index contributed by atoms with van der Waals surface area (Å²) in [7, 11) is 3.80. The van der Waals surface area contributed by atoms with E-state index in [-0.39, 0.29) is 24.0 Å². The summed E-state index contributed by atoms with van der Waals surface area (Å²) in [5.74, 6) is 1.93. The number of hydrogen-bond acceptors (Lipinski definition) is 2. The highest BCUT2D eigenvalue weighted by Crippen LogP contribution is 2.23. The standard InChI is InChI=1S/C18H25Cl2N5.HI/c1-14-22-9-11-25(14)10-5-4-8-23-18(21-2)24(3)13-15-6-7-16(19)17(20)12-15;/h6-7,9,11-12H,4-5,8,10,13H2,1-3H3,(H,21,23);1H. The maximum absolute atomic E-state index is 6.08. The Morgan fingerprint density at radius 1 is 1.27 bits per heavy atom. The van der Waals surface area contributed by atoms with Gasteiger partial charge in [0.05, 0.1) is 10.0 Å². The zero-order chi connectivity index (χ0) is 18.2. The molecule has 0 unspecified atom stereocenters. The molecular weight excluding hydrogens is 484 g/mol. The van der Waals surface area contributed by atoms with Crippen LogP contribution < -0.4 is 5.32 Å². The van der Waals surface area contributed by atoms with Crippen molar-refractivity contribution in [2.45, 2.75) is 32.9 Å². The minimum absolute atomic E-state index is 0. The monoisotopic (exact) mass is 509 g/mol. The number of nitrogens with zero attached hydrogens (tertiary/aromatic N) is 4. The molecule has 1 aromatic carbocycles. The summed E-state index contributed by atoms with van der Waals surface area (Å²) in [4.78, 5) is 10.6. The summed E-state index contributed by atoms with van der Waals surface area (Å²) in [5, 5.41) is 4.55. The number of aromatic nitrogens is 2. The number of aryl methyl sites for hydroxylation is 2. The third-order valence-corrected chi connectivity index (χ3v) is 4.75. The van der Waals surface area contributed by atoms with Gasteiger partial charge in [0, 0.05) is 46.1 Å². The van der Waals surface area contributed by atoms with Crippen LogP contribution in [0.1, 0.15) is 24.2 Å². The van der Waals surface area contributed by atoms with Crippen LogP contribution in [0.3, 0.4) is 0 Å². The van der Waals surface area contributed by atoms with Crippen molar-refractivity contribution < 1.29 is 0 Å². The van der Waals surface area contributed by atoms with Crippen LogP contribution >= 0.6 is 47.2 Å². The predicted molar refractivity (Wildman–Crippen MR) is 121 cm³/mol. The van der Waals surface area contributed by atoms with E-state index in [2.05, 4.69) is 24.8 Å². The van der Waals surface area contributed by atoms with Crippen LogP contribution in [-0.4, -0.2) is 41.1 Å². The molecule has 26 heavy (non-hydrogen) atoms. The molecule has 2 rings (SSSR count). The number of benzene rings is 1. The van der Waals surface area contributed by atoms with E-state index in [1.807, 2.05) is 44.6 Å². The fourth-order valence-corrected chi connectivity index (χ4v) is 2.94. The van der Waals surface area contributed by atoms with Gasteiger partial charge in [-0.25, -0.2) is 4.98 Å². The smallest absolute Gasteiger partial charge is 0.193 e. The van der Waals surface area contributed by atoms with E-state index in [1.165, 1.54) is 0 Å². The van der Waals surface area contributed by atoms with Gasteiger partial charge in [0.25, 0.3) is 0 Å². The zero-order valence-electron chi connectivity index (χ0n) is 15.4. The van der Waals surface area contributed by atoms with Gasteiger partial charge >= 0.3 is 0 Å². The Hall–Kier alpha value is -0.990. The molecule has 1 N–H and O–H groups in total. The number of unbranched alkanes of at least 4 members (excludes halogenated alkanes) is 1. The Morgan fingerprint density at radius 2 is 2.04 bits per heavy atom. The molecule has 1 heterocycles. The molecule has 2 aromatic rings. The van der Waals surface area contributed by atoms with Crippen molar-refractivity contribution in [3.05, 3.63) is 52.0 Å². The first-order valence-corrected chi connectivity index (χ1v) is 9.10. The van der Waals surface area contributed by atoms with E-state index in [0.29, 0.717) is 16.6 Å². The van der Waals surface area contributed by atoms with Crippen molar-refractivity contribution in [3.63, 3.8) is 0 Å². The maximum Gasteiger partial charge on any atom is 0.193 e. The molecule has 0 amide bonds. The van der Waals surface area contributed by atoms with Gasteiger partial charge in [-0.05, 0) is 37.5 Å². The van der Waals surface area contributed by atoms with E-state index in [4.69, 9.17) is 23.2 Å². The first kappa shape index (κ1) is 23.0. The van der Waals surface area contributed by atoms with E-state index in [1.54, 1.807) is 7.05 Å². The largest absolute Gasteiger partial charge is 0.356 e. The lowest BCUT2D eigenvalue weighted by Gasteiger charge is -2.22. The lowest BCUT2D eigenvalue weighted by molar-refractivity contribution is 0.473. The molecule has 0 saturated carbocycles. The van der Waals surface area contributed by atoms with Crippen LogP contribution in [0, 0.1) is 6.92 Å². The molecule has 0 aliphatic carbocycles. The number of aliphatic imine (C=N–C) groups is 1.